The molecule has 1 amide bonds. The largest absolute Gasteiger partial charge is 0.493 e. The lowest BCUT2D eigenvalue weighted by Crippen LogP contribution is -2.37. The van der Waals surface area contributed by atoms with Gasteiger partial charge in [0.25, 0.3) is 0 Å². The predicted octanol–water partition coefficient (Wildman–Crippen LogP) is 5.96. The van der Waals surface area contributed by atoms with Crippen LogP contribution in [0.2, 0.25) is 0 Å². The van der Waals surface area contributed by atoms with Crippen molar-refractivity contribution in [1.82, 2.24) is 5.32 Å². The first-order valence-corrected chi connectivity index (χ1v) is 17.3. The van der Waals surface area contributed by atoms with Crippen LogP contribution in [0, 0.1) is 6.92 Å². The molecule has 1 fully saturated rings. The summed E-state index contributed by atoms with van der Waals surface area (Å²) in [5.41, 5.74) is 4.51. The number of cyclic esters (lactones) is 1. The molecule has 1 saturated heterocycles. The highest BCUT2D eigenvalue weighted by Gasteiger charge is 2.27. The van der Waals surface area contributed by atoms with Gasteiger partial charge in [0.1, 0.15) is 23.3 Å². The van der Waals surface area contributed by atoms with Crippen LogP contribution >= 0.6 is 0 Å². The summed E-state index contributed by atoms with van der Waals surface area (Å²) in [6.07, 6.45) is 2.40. The van der Waals surface area contributed by atoms with Crippen molar-refractivity contribution in [3.8, 4) is 17.2 Å². The first kappa shape index (κ1) is 33.3. The second kappa shape index (κ2) is 15.5. The molecule has 47 heavy (non-hydrogen) atoms. The van der Waals surface area contributed by atoms with Gasteiger partial charge in [-0.15, -0.1) is 0 Å². The third-order valence-electron chi connectivity index (χ3n) is 7.58. The maximum atomic E-state index is 12.1. The third kappa shape index (κ3) is 9.98. The molecule has 0 aliphatic carbocycles. The van der Waals surface area contributed by atoms with Crippen LogP contribution in [0.1, 0.15) is 36.0 Å². The molecule has 5 rings (SSSR count). The number of amides is 1. The molecule has 0 aromatic heterocycles. The second-order valence-electron chi connectivity index (χ2n) is 11.4. The van der Waals surface area contributed by atoms with Gasteiger partial charge in [0.2, 0.25) is 15.9 Å². The average Bonchev–Trinajstić information content (AvgIpc) is 3.44. The number of carbonyl (C=O) groups excluding carboxylic acids is 2. The molecule has 0 bridgehead atoms. The van der Waals surface area contributed by atoms with E-state index in [0.717, 1.165) is 28.6 Å². The summed E-state index contributed by atoms with van der Waals surface area (Å²) in [6.45, 7) is 3.82. The van der Waals surface area contributed by atoms with Crippen LogP contribution in [0.25, 0.3) is 0 Å². The Morgan fingerprint density at radius 1 is 0.894 bits per heavy atom. The molecule has 1 aliphatic rings. The Bertz CT molecular complexity index is 1780. The van der Waals surface area contributed by atoms with Gasteiger partial charge in [-0.25, -0.2) is 13.2 Å². The van der Waals surface area contributed by atoms with Crippen molar-refractivity contribution in [1.29, 1.82) is 0 Å². The Labute approximate surface area is 275 Å². The smallest absolute Gasteiger partial charge is 0.328 e. The average molecular weight is 658 g/mol. The Balaban J connectivity index is 1.19. The molecular weight excluding hydrogens is 618 g/mol. The van der Waals surface area contributed by atoms with Crippen molar-refractivity contribution in [2.75, 3.05) is 29.1 Å². The number of benzene rings is 4. The van der Waals surface area contributed by atoms with Crippen molar-refractivity contribution in [3.05, 3.63) is 114 Å². The van der Waals surface area contributed by atoms with E-state index < -0.39 is 16.1 Å². The van der Waals surface area contributed by atoms with E-state index in [1.165, 1.54) is 0 Å². The number of hydrogen-bond donors (Lipinski definition) is 2. The van der Waals surface area contributed by atoms with E-state index in [-0.39, 0.29) is 18.3 Å². The molecule has 4 aromatic carbocycles. The number of ether oxygens (including phenoxy) is 3. The lowest BCUT2D eigenvalue weighted by atomic mass is 10.1. The van der Waals surface area contributed by atoms with Crippen molar-refractivity contribution >= 4 is 33.3 Å². The molecule has 4 aromatic rings. The number of carbonyl (C=O) groups is 2. The number of nitrogens with zero attached hydrogens (tertiary/aromatic N) is 1. The van der Waals surface area contributed by atoms with Crippen LogP contribution in [0.4, 0.5) is 11.4 Å². The first-order chi connectivity index (χ1) is 22.6. The number of rotatable bonds is 15. The van der Waals surface area contributed by atoms with E-state index in [2.05, 4.69) is 27.1 Å². The summed E-state index contributed by atoms with van der Waals surface area (Å²) >= 11 is 0. The van der Waals surface area contributed by atoms with Crippen molar-refractivity contribution < 1.29 is 32.2 Å². The van der Waals surface area contributed by atoms with Gasteiger partial charge in [0.05, 0.1) is 25.2 Å². The lowest BCUT2D eigenvalue weighted by Gasteiger charge is -2.28. The summed E-state index contributed by atoms with van der Waals surface area (Å²) < 4.78 is 43.4. The number of anilines is 2. The van der Waals surface area contributed by atoms with E-state index in [0.29, 0.717) is 62.1 Å². The zero-order chi connectivity index (χ0) is 33.2. The van der Waals surface area contributed by atoms with Crippen LogP contribution in [0.3, 0.4) is 0 Å². The summed E-state index contributed by atoms with van der Waals surface area (Å²) in [6, 6.07) is 30.4. The fourth-order valence-electron chi connectivity index (χ4n) is 5.27. The fraction of sp³-hybridized carbons (Fsp3) is 0.278. The molecule has 10 nitrogen and oxygen atoms in total. The van der Waals surface area contributed by atoms with Crippen LogP contribution in [-0.4, -0.2) is 45.8 Å². The van der Waals surface area contributed by atoms with Crippen LogP contribution < -0.4 is 24.4 Å². The first-order valence-electron chi connectivity index (χ1n) is 15.4. The van der Waals surface area contributed by atoms with Gasteiger partial charge in [0, 0.05) is 37.7 Å². The van der Waals surface area contributed by atoms with Gasteiger partial charge >= 0.3 is 5.97 Å². The molecule has 0 spiro atoms. The number of hydrogen-bond acceptors (Lipinski definition) is 8. The Kier molecular flexibility index (Phi) is 11.0. The molecule has 1 atom stereocenters. The second-order valence-corrected chi connectivity index (χ2v) is 13.2. The quantitative estimate of drug-likeness (QED) is 0.119. The summed E-state index contributed by atoms with van der Waals surface area (Å²) in [5, 5.41) is 2.69. The highest BCUT2D eigenvalue weighted by Crippen LogP contribution is 2.31. The normalized spacial score (nSPS) is 14.3. The minimum Gasteiger partial charge on any atom is -0.493 e. The zero-order valence-corrected chi connectivity index (χ0v) is 27.3. The number of sulfonamides is 1. The monoisotopic (exact) mass is 657 g/mol. The van der Waals surface area contributed by atoms with E-state index in [1.807, 2.05) is 79.7 Å². The van der Waals surface area contributed by atoms with E-state index >= 15 is 0 Å². The third-order valence-corrected chi connectivity index (χ3v) is 8.17. The lowest BCUT2D eigenvalue weighted by molar-refractivity contribution is -0.141. The number of nitrogens with one attached hydrogen (secondary N) is 2. The fourth-order valence-corrected chi connectivity index (χ4v) is 5.89. The van der Waals surface area contributed by atoms with E-state index in [9.17, 15) is 18.0 Å². The van der Waals surface area contributed by atoms with Crippen LogP contribution in [-0.2, 0) is 37.4 Å². The molecular formula is C36H39N3O7S. The van der Waals surface area contributed by atoms with E-state index in [4.69, 9.17) is 14.2 Å². The summed E-state index contributed by atoms with van der Waals surface area (Å²) in [5.74, 6) is 1.32. The van der Waals surface area contributed by atoms with Gasteiger partial charge in [-0.1, -0.05) is 54.6 Å². The zero-order valence-electron chi connectivity index (χ0n) is 26.5. The van der Waals surface area contributed by atoms with Crippen molar-refractivity contribution in [2.24, 2.45) is 0 Å². The van der Waals surface area contributed by atoms with Crippen LogP contribution in [0.15, 0.2) is 97.1 Å². The molecule has 1 aliphatic heterocycles. The molecule has 1 unspecified atom stereocenters. The van der Waals surface area contributed by atoms with Gasteiger partial charge in [0.15, 0.2) is 0 Å². The molecule has 0 saturated carbocycles. The minimum absolute atomic E-state index is 0.200. The van der Waals surface area contributed by atoms with Gasteiger partial charge in [-0.05, 0) is 66.4 Å². The van der Waals surface area contributed by atoms with Gasteiger partial charge in [-0.3, -0.25) is 9.52 Å². The standard InChI is InChI=1S/C36H39N3O7S/c1-26-32(38-47(2,42)43)13-7-14-34(26)39(24-27-9-4-3-5-10-27)25-28-16-18-29(19-17-28)46-31-12-6-11-30(23-31)44-21-8-15-35(40)37-33-20-22-45-36(33)41/h3-7,9-14,16-19,23,33,38H,8,15,20-22,24-25H2,1-2H3,(H,37,40). The summed E-state index contributed by atoms with van der Waals surface area (Å²) in [4.78, 5) is 25.9. The highest BCUT2D eigenvalue weighted by atomic mass is 32.2. The number of esters is 1. The topological polar surface area (TPSA) is 123 Å². The SMILES string of the molecule is Cc1c(NS(C)(=O)=O)cccc1N(Cc1ccccc1)Cc1ccc(Oc2cccc(OCCCC(=O)NC3CCOC3=O)c2)cc1. The minimum atomic E-state index is -3.43. The van der Waals surface area contributed by atoms with Crippen molar-refractivity contribution in [3.63, 3.8) is 0 Å². The van der Waals surface area contributed by atoms with E-state index in [1.54, 1.807) is 12.1 Å². The molecule has 1 heterocycles. The van der Waals surface area contributed by atoms with Crippen molar-refractivity contribution in [2.45, 2.75) is 45.3 Å². The Morgan fingerprint density at radius 3 is 2.30 bits per heavy atom. The maximum Gasteiger partial charge on any atom is 0.328 e. The van der Waals surface area contributed by atoms with Crippen LogP contribution in [0.5, 0.6) is 17.2 Å². The Hall–Kier alpha value is -5.03. The molecule has 0 radical (unpaired) electrons. The predicted molar refractivity (Wildman–Crippen MR) is 181 cm³/mol. The molecule has 246 valence electrons. The van der Waals surface area contributed by atoms with Gasteiger partial charge < -0.3 is 24.4 Å². The maximum absolute atomic E-state index is 12.1. The van der Waals surface area contributed by atoms with Gasteiger partial charge in [-0.2, -0.15) is 0 Å². The summed E-state index contributed by atoms with van der Waals surface area (Å²) in [7, 11) is -3.43. The molecule has 2 N–H and O–H groups in total. The Morgan fingerprint density at radius 2 is 1.60 bits per heavy atom. The molecule has 11 heteroatoms. The highest BCUT2D eigenvalue weighted by molar-refractivity contribution is 7.92.